The molecule has 1 aliphatic heterocycles. The second-order valence-corrected chi connectivity index (χ2v) is 12.0. The molecule has 0 radical (unpaired) electrons. The minimum Gasteiger partial charge on any atom is -0.493 e. The summed E-state index contributed by atoms with van der Waals surface area (Å²) in [5.74, 6) is 1.15. The number of pyridine rings is 1. The lowest BCUT2D eigenvalue weighted by Gasteiger charge is -2.32. The second kappa shape index (κ2) is 10.9. The summed E-state index contributed by atoms with van der Waals surface area (Å²) in [5, 5.41) is 6.15. The first kappa shape index (κ1) is 29.6. The van der Waals surface area contributed by atoms with Crippen molar-refractivity contribution in [1.29, 1.82) is 0 Å². The lowest BCUT2D eigenvalue weighted by molar-refractivity contribution is -0.123. The van der Waals surface area contributed by atoms with Crippen molar-refractivity contribution in [3.8, 4) is 17.2 Å². The normalized spacial score (nSPS) is 13.4. The molecule has 0 saturated heterocycles. The Morgan fingerprint density at radius 1 is 0.878 bits per heavy atom. The molecule has 0 bridgehead atoms. The summed E-state index contributed by atoms with van der Waals surface area (Å²) in [4.78, 5) is 53.0. The molecule has 41 heavy (non-hydrogen) atoms. The van der Waals surface area contributed by atoms with Gasteiger partial charge in [0, 0.05) is 47.3 Å². The van der Waals surface area contributed by atoms with E-state index in [0.29, 0.717) is 41.2 Å². The molecular formula is C29H38N6O6. The molecule has 0 spiro atoms. The predicted octanol–water partition coefficient (Wildman–Crippen LogP) is 3.88. The fourth-order valence-electron chi connectivity index (χ4n) is 4.47. The molecule has 1 aliphatic rings. The minimum atomic E-state index is -0.711. The molecule has 220 valence electrons. The van der Waals surface area contributed by atoms with Crippen LogP contribution >= 0.6 is 0 Å². The molecule has 0 aliphatic carbocycles. The van der Waals surface area contributed by atoms with Gasteiger partial charge in [0.2, 0.25) is 23.5 Å². The van der Waals surface area contributed by atoms with Crippen molar-refractivity contribution in [3.05, 3.63) is 33.6 Å². The molecule has 0 fully saturated rings. The van der Waals surface area contributed by atoms with Crippen LogP contribution in [0.25, 0.3) is 11.0 Å². The van der Waals surface area contributed by atoms with Crippen LogP contribution in [0.2, 0.25) is 0 Å². The molecular weight excluding hydrogens is 528 g/mol. The number of ether oxygens (including phenoxy) is 3. The second-order valence-electron chi connectivity index (χ2n) is 12.0. The summed E-state index contributed by atoms with van der Waals surface area (Å²) >= 11 is 0. The maximum Gasteiger partial charge on any atom is 0.254 e. The van der Waals surface area contributed by atoms with Crippen LogP contribution in [0.3, 0.4) is 0 Å². The molecule has 3 N–H and O–H groups in total. The highest BCUT2D eigenvalue weighted by Crippen LogP contribution is 2.42. The Kier molecular flexibility index (Phi) is 7.88. The van der Waals surface area contributed by atoms with E-state index in [1.54, 1.807) is 62.9 Å². The Hall–Kier alpha value is -4.35. The van der Waals surface area contributed by atoms with Crippen LogP contribution in [0.4, 0.5) is 17.5 Å². The average Bonchev–Trinajstić information content (AvgIpc) is 2.90. The van der Waals surface area contributed by atoms with Crippen LogP contribution in [0.5, 0.6) is 17.2 Å². The van der Waals surface area contributed by atoms with Gasteiger partial charge < -0.3 is 29.4 Å². The Balaban J connectivity index is 1.83. The maximum absolute atomic E-state index is 13.4. The quantitative estimate of drug-likeness (QED) is 0.404. The number of amides is 2. The number of nitrogens with one attached hydrogen (secondary N) is 3. The van der Waals surface area contributed by atoms with E-state index < -0.39 is 10.8 Å². The number of methoxy groups -OCH3 is 3. The van der Waals surface area contributed by atoms with Gasteiger partial charge in [-0.05, 0) is 12.0 Å². The van der Waals surface area contributed by atoms with Crippen molar-refractivity contribution in [3.63, 3.8) is 0 Å². The molecule has 1 aromatic carbocycles. The highest BCUT2D eigenvalue weighted by molar-refractivity contribution is 6.03. The van der Waals surface area contributed by atoms with E-state index in [2.05, 4.69) is 25.6 Å². The molecule has 0 unspecified atom stereocenters. The van der Waals surface area contributed by atoms with E-state index >= 15 is 0 Å². The highest BCUT2D eigenvalue weighted by atomic mass is 16.5. The van der Waals surface area contributed by atoms with Crippen molar-refractivity contribution in [2.45, 2.75) is 54.5 Å². The SMILES string of the molecule is COc1cc(N2CCc3c(c(=O)[nH]c4nc(NC(=O)C(C)(C)C)nc(NC(=O)C(C)(C)C)c34)C2)cc(OC)c1OC. The van der Waals surface area contributed by atoms with E-state index in [1.165, 1.54) is 0 Å². The highest BCUT2D eigenvalue weighted by Gasteiger charge is 2.29. The number of aromatic amines is 1. The fraction of sp³-hybridized carbons (Fsp3) is 0.483. The number of nitrogens with zero attached hydrogens (tertiary/aromatic N) is 3. The van der Waals surface area contributed by atoms with Gasteiger partial charge in [0.1, 0.15) is 11.5 Å². The number of carbonyl (C=O) groups is 2. The van der Waals surface area contributed by atoms with Gasteiger partial charge in [-0.1, -0.05) is 41.5 Å². The summed E-state index contributed by atoms with van der Waals surface area (Å²) in [7, 11) is 4.64. The molecule has 2 amide bonds. The number of carbonyl (C=O) groups excluding carboxylic acids is 2. The van der Waals surface area contributed by atoms with Gasteiger partial charge in [-0.15, -0.1) is 0 Å². The molecule has 4 rings (SSSR count). The lowest BCUT2D eigenvalue weighted by Crippen LogP contribution is -2.36. The van der Waals surface area contributed by atoms with Crippen LogP contribution in [-0.4, -0.2) is 54.6 Å². The van der Waals surface area contributed by atoms with Gasteiger partial charge in [-0.3, -0.25) is 19.7 Å². The zero-order valence-corrected chi connectivity index (χ0v) is 25.1. The average molecular weight is 567 g/mol. The number of benzene rings is 1. The Morgan fingerprint density at radius 2 is 1.46 bits per heavy atom. The summed E-state index contributed by atoms with van der Waals surface area (Å²) in [6, 6.07) is 3.67. The number of fused-ring (bicyclic) bond motifs is 3. The van der Waals surface area contributed by atoms with Crippen LogP contribution in [-0.2, 0) is 22.6 Å². The standard InChI is InChI=1S/C29H38N6O6/c1-28(2,3)25(37)31-23-20-16-10-11-35(15-12-18(39-7)21(41-9)19(13-15)40-8)14-17(16)24(36)30-22(20)32-27(33-23)34-26(38)29(4,5)6/h12-13H,10-11,14H2,1-9H3,(H3,30,31,32,33,34,36,37,38). The lowest BCUT2D eigenvalue weighted by atomic mass is 9.95. The Labute approximate surface area is 238 Å². The Bertz CT molecular complexity index is 1540. The van der Waals surface area contributed by atoms with Gasteiger partial charge in [0.25, 0.3) is 5.56 Å². The first-order valence-electron chi connectivity index (χ1n) is 13.3. The topological polar surface area (TPSA) is 148 Å². The fourth-order valence-corrected chi connectivity index (χ4v) is 4.47. The van der Waals surface area contributed by atoms with Crippen molar-refractivity contribution in [2.24, 2.45) is 10.8 Å². The summed E-state index contributed by atoms with van der Waals surface area (Å²) in [6.45, 7) is 11.5. The molecule has 3 aromatic rings. The first-order chi connectivity index (χ1) is 19.2. The Morgan fingerprint density at radius 3 is 2.00 bits per heavy atom. The molecule has 12 nitrogen and oxygen atoms in total. The van der Waals surface area contributed by atoms with E-state index in [0.717, 1.165) is 11.3 Å². The molecule has 12 heteroatoms. The summed E-state index contributed by atoms with van der Waals surface area (Å²) in [6.07, 6.45) is 0.474. The third kappa shape index (κ3) is 5.91. The van der Waals surface area contributed by atoms with Crippen LogP contribution in [0.15, 0.2) is 16.9 Å². The molecule has 0 saturated carbocycles. The minimum absolute atomic E-state index is 0.00732. The van der Waals surface area contributed by atoms with Gasteiger partial charge in [-0.2, -0.15) is 9.97 Å². The van der Waals surface area contributed by atoms with Crippen molar-refractivity contribution in [2.75, 3.05) is 43.4 Å². The molecule has 0 atom stereocenters. The largest absolute Gasteiger partial charge is 0.493 e. The monoisotopic (exact) mass is 566 g/mol. The van der Waals surface area contributed by atoms with E-state index in [1.807, 2.05) is 17.0 Å². The third-order valence-electron chi connectivity index (χ3n) is 6.90. The van der Waals surface area contributed by atoms with E-state index in [4.69, 9.17) is 14.2 Å². The van der Waals surface area contributed by atoms with Crippen molar-refractivity contribution >= 4 is 40.3 Å². The van der Waals surface area contributed by atoms with Gasteiger partial charge >= 0.3 is 0 Å². The van der Waals surface area contributed by atoms with Crippen LogP contribution < -0.4 is 35.3 Å². The predicted molar refractivity (Wildman–Crippen MR) is 157 cm³/mol. The third-order valence-corrected chi connectivity index (χ3v) is 6.90. The van der Waals surface area contributed by atoms with E-state index in [9.17, 15) is 14.4 Å². The number of aromatic nitrogens is 3. The first-order valence-corrected chi connectivity index (χ1v) is 13.3. The zero-order valence-electron chi connectivity index (χ0n) is 25.1. The van der Waals surface area contributed by atoms with E-state index in [-0.39, 0.29) is 41.3 Å². The van der Waals surface area contributed by atoms with Crippen LogP contribution in [0.1, 0.15) is 52.7 Å². The van der Waals surface area contributed by atoms with Crippen molar-refractivity contribution < 1.29 is 23.8 Å². The zero-order chi connectivity index (χ0) is 30.3. The molecule has 2 aromatic heterocycles. The van der Waals surface area contributed by atoms with Gasteiger partial charge in [0.15, 0.2) is 11.5 Å². The number of hydrogen-bond acceptors (Lipinski definition) is 9. The smallest absolute Gasteiger partial charge is 0.254 e. The number of hydrogen-bond donors (Lipinski definition) is 3. The van der Waals surface area contributed by atoms with Gasteiger partial charge in [0.05, 0.1) is 26.7 Å². The maximum atomic E-state index is 13.4. The number of H-pyrrole nitrogens is 1. The number of anilines is 3. The summed E-state index contributed by atoms with van der Waals surface area (Å²) < 4.78 is 16.5. The van der Waals surface area contributed by atoms with Crippen molar-refractivity contribution in [1.82, 2.24) is 15.0 Å². The van der Waals surface area contributed by atoms with Crippen LogP contribution in [0, 0.1) is 10.8 Å². The molecule has 3 heterocycles. The van der Waals surface area contributed by atoms with Gasteiger partial charge in [-0.25, -0.2) is 0 Å². The summed E-state index contributed by atoms with van der Waals surface area (Å²) in [5.41, 5.74) is 0.569. The number of rotatable bonds is 6.